The quantitative estimate of drug-likeness (QED) is 0.346. The SMILES string of the molecule is C/C=C(\C)CCCC(=O)c1ccc(C2CCC(c3ccccc3C)CC2)c(C)c1. The number of carbonyl (C=O) groups excluding carboxylic acids is 1. The molecule has 0 unspecified atom stereocenters. The average Bonchev–Trinajstić information content (AvgIpc) is 2.74. The van der Waals surface area contributed by atoms with Gasteiger partial charge >= 0.3 is 0 Å². The van der Waals surface area contributed by atoms with Crippen LogP contribution in [0, 0.1) is 13.8 Å². The van der Waals surface area contributed by atoms with Crippen molar-refractivity contribution < 1.29 is 4.79 Å². The van der Waals surface area contributed by atoms with Gasteiger partial charge in [-0.15, -0.1) is 0 Å². The van der Waals surface area contributed by atoms with Gasteiger partial charge in [-0.05, 0) is 106 Å². The van der Waals surface area contributed by atoms with Gasteiger partial charge in [0.2, 0.25) is 0 Å². The van der Waals surface area contributed by atoms with Gasteiger partial charge in [-0.3, -0.25) is 4.79 Å². The summed E-state index contributed by atoms with van der Waals surface area (Å²) in [5.41, 5.74) is 7.97. The van der Waals surface area contributed by atoms with Crippen molar-refractivity contribution in [2.75, 3.05) is 0 Å². The number of rotatable bonds is 7. The molecular formula is C28H36O. The minimum atomic E-state index is 0.284. The van der Waals surface area contributed by atoms with E-state index in [2.05, 4.69) is 76.2 Å². The highest BCUT2D eigenvalue weighted by Crippen LogP contribution is 2.42. The van der Waals surface area contributed by atoms with Gasteiger partial charge in [-0.25, -0.2) is 0 Å². The van der Waals surface area contributed by atoms with E-state index in [0.29, 0.717) is 18.3 Å². The molecule has 2 aromatic rings. The second kappa shape index (κ2) is 10.1. The molecule has 154 valence electrons. The average molecular weight is 389 g/mol. The molecule has 0 radical (unpaired) electrons. The molecule has 29 heavy (non-hydrogen) atoms. The van der Waals surface area contributed by atoms with Gasteiger partial charge in [0, 0.05) is 12.0 Å². The first-order valence-corrected chi connectivity index (χ1v) is 11.3. The van der Waals surface area contributed by atoms with Crippen molar-refractivity contribution in [3.63, 3.8) is 0 Å². The topological polar surface area (TPSA) is 17.1 Å². The summed E-state index contributed by atoms with van der Waals surface area (Å²) >= 11 is 0. The van der Waals surface area contributed by atoms with Crippen LogP contribution in [0.3, 0.4) is 0 Å². The number of benzene rings is 2. The maximum absolute atomic E-state index is 12.6. The lowest BCUT2D eigenvalue weighted by Gasteiger charge is -2.31. The van der Waals surface area contributed by atoms with Gasteiger partial charge in [-0.1, -0.05) is 48.0 Å². The summed E-state index contributed by atoms with van der Waals surface area (Å²) in [6.45, 7) is 8.62. The second-order valence-electron chi connectivity index (χ2n) is 8.89. The highest BCUT2D eigenvalue weighted by Gasteiger charge is 2.25. The Morgan fingerprint density at radius 1 is 0.897 bits per heavy atom. The molecule has 1 saturated carbocycles. The zero-order valence-corrected chi connectivity index (χ0v) is 18.6. The molecule has 0 N–H and O–H groups in total. The first-order valence-electron chi connectivity index (χ1n) is 11.3. The minimum Gasteiger partial charge on any atom is -0.294 e. The normalized spacial score (nSPS) is 19.9. The summed E-state index contributed by atoms with van der Waals surface area (Å²) in [5, 5.41) is 0. The molecule has 0 spiro atoms. The summed E-state index contributed by atoms with van der Waals surface area (Å²) in [6, 6.07) is 15.3. The van der Waals surface area contributed by atoms with Crippen LogP contribution in [-0.2, 0) is 0 Å². The van der Waals surface area contributed by atoms with E-state index in [1.54, 1.807) is 0 Å². The fraction of sp³-hybridized carbons (Fsp3) is 0.464. The number of Topliss-reactive ketones (excluding diaryl/α,β-unsaturated/α-hetero) is 1. The van der Waals surface area contributed by atoms with Crippen LogP contribution in [-0.4, -0.2) is 5.78 Å². The number of aryl methyl sites for hydroxylation is 2. The van der Waals surface area contributed by atoms with Crippen LogP contribution in [0.2, 0.25) is 0 Å². The fourth-order valence-corrected chi connectivity index (χ4v) is 4.88. The molecule has 0 aromatic heterocycles. The Morgan fingerprint density at radius 3 is 2.10 bits per heavy atom. The second-order valence-corrected chi connectivity index (χ2v) is 8.89. The first-order chi connectivity index (χ1) is 14.0. The lowest BCUT2D eigenvalue weighted by molar-refractivity contribution is 0.0980. The number of ketones is 1. The molecule has 2 aromatic carbocycles. The van der Waals surface area contributed by atoms with E-state index in [-0.39, 0.29) is 5.78 Å². The van der Waals surface area contributed by atoms with E-state index < -0.39 is 0 Å². The molecule has 1 heteroatoms. The summed E-state index contributed by atoms with van der Waals surface area (Å²) in [6.07, 6.45) is 9.76. The van der Waals surface area contributed by atoms with Crippen LogP contribution in [0.15, 0.2) is 54.1 Å². The molecule has 1 fully saturated rings. The van der Waals surface area contributed by atoms with Crippen molar-refractivity contribution in [3.05, 3.63) is 81.9 Å². The molecule has 0 bridgehead atoms. The van der Waals surface area contributed by atoms with Crippen molar-refractivity contribution in [3.8, 4) is 0 Å². The van der Waals surface area contributed by atoms with E-state index in [0.717, 1.165) is 18.4 Å². The minimum absolute atomic E-state index is 0.284. The lowest BCUT2D eigenvalue weighted by Crippen LogP contribution is -2.14. The third-order valence-corrected chi connectivity index (χ3v) is 6.85. The Kier molecular flexibility index (Phi) is 7.47. The maximum Gasteiger partial charge on any atom is 0.162 e. The van der Waals surface area contributed by atoms with E-state index in [9.17, 15) is 4.79 Å². The number of hydrogen-bond acceptors (Lipinski definition) is 1. The van der Waals surface area contributed by atoms with Crippen molar-refractivity contribution >= 4 is 5.78 Å². The molecule has 0 heterocycles. The van der Waals surface area contributed by atoms with Gasteiger partial charge in [0.25, 0.3) is 0 Å². The highest BCUT2D eigenvalue weighted by atomic mass is 16.1. The standard InChI is InChI=1S/C28H36O/c1-5-20(2)9-8-12-28(29)25-17-18-27(22(4)19-25)24-15-13-23(14-16-24)26-11-7-6-10-21(26)3/h5-7,10-11,17-19,23-24H,8-9,12-16H2,1-4H3/b20-5+. The Balaban J connectivity index is 1.60. The third-order valence-electron chi connectivity index (χ3n) is 6.85. The predicted octanol–water partition coefficient (Wildman–Crippen LogP) is 8.06. The van der Waals surface area contributed by atoms with Crippen LogP contribution in [0.4, 0.5) is 0 Å². The third kappa shape index (κ3) is 5.47. The summed E-state index contributed by atoms with van der Waals surface area (Å²) in [7, 11) is 0. The lowest BCUT2D eigenvalue weighted by atomic mass is 9.74. The number of carbonyl (C=O) groups is 1. The summed E-state index contributed by atoms with van der Waals surface area (Å²) in [5.74, 6) is 1.62. The smallest absolute Gasteiger partial charge is 0.162 e. The zero-order valence-electron chi connectivity index (χ0n) is 18.6. The molecule has 1 nitrogen and oxygen atoms in total. The monoisotopic (exact) mass is 388 g/mol. The first kappa shape index (κ1) is 21.6. The van der Waals surface area contributed by atoms with E-state index >= 15 is 0 Å². The van der Waals surface area contributed by atoms with Crippen molar-refractivity contribution in [1.29, 1.82) is 0 Å². The van der Waals surface area contributed by atoms with Gasteiger partial charge in [0.05, 0.1) is 0 Å². The Labute approximate surface area is 177 Å². The molecule has 0 atom stereocenters. The number of hydrogen-bond donors (Lipinski definition) is 0. The van der Waals surface area contributed by atoms with Crippen molar-refractivity contribution in [2.24, 2.45) is 0 Å². The van der Waals surface area contributed by atoms with E-state index in [1.165, 1.54) is 53.5 Å². The number of allylic oxidation sites excluding steroid dienone is 2. The fourth-order valence-electron chi connectivity index (χ4n) is 4.88. The van der Waals surface area contributed by atoms with Gasteiger partial charge in [0.15, 0.2) is 5.78 Å². The van der Waals surface area contributed by atoms with Gasteiger partial charge in [0.1, 0.15) is 0 Å². The largest absolute Gasteiger partial charge is 0.294 e. The van der Waals surface area contributed by atoms with Gasteiger partial charge < -0.3 is 0 Å². The van der Waals surface area contributed by atoms with Crippen LogP contribution < -0.4 is 0 Å². The Hall–Kier alpha value is -2.15. The molecule has 3 rings (SSSR count). The van der Waals surface area contributed by atoms with Crippen LogP contribution >= 0.6 is 0 Å². The van der Waals surface area contributed by atoms with Crippen molar-refractivity contribution in [1.82, 2.24) is 0 Å². The maximum atomic E-state index is 12.6. The van der Waals surface area contributed by atoms with E-state index in [1.807, 2.05) is 0 Å². The molecule has 1 aliphatic rings. The van der Waals surface area contributed by atoms with Crippen molar-refractivity contribution in [2.45, 2.75) is 84.5 Å². The molecule has 1 aliphatic carbocycles. The Bertz CT molecular complexity index is 866. The Morgan fingerprint density at radius 2 is 1.52 bits per heavy atom. The summed E-state index contributed by atoms with van der Waals surface area (Å²) < 4.78 is 0. The van der Waals surface area contributed by atoms with E-state index in [4.69, 9.17) is 0 Å². The van der Waals surface area contributed by atoms with Crippen LogP contribution in [0.5, 0.6) is 0 Å². The molecular weight excluding hydrogens is 352 g/mol. The highest BCUT2D eigenvalue weighted by molar-refractivity contribution is 5.96. The van der Waals surface area contributed by atoms with Gasteiger partial charge in [-0.2, -0.15) is 0 Å². The zero-order chi connectivity index (χ0) is 20.8. The van der Waals surface area contributed by atoms with Crippen LogP contribution in [0.25, 0.3) is 0 Å². The van der Waals surface area contributed by atoms with Crippen LogP contribution in [0.1, 0.15) is 103 Å². The molecule has 0 aliphatic heterocycles. The molecule has 0 amide bonds. The summed E-state index contributed by atoms with van der Waals surface area (Å²) in [4.78, 5) is 12.6. The predicted molar refractivity (Wildman–Crippen MR) is 124 cm³/mol. The molecule has 0 saturated heterocycles.